The summed E-state index contributed by atoms with van der Waals surface area (Å²) >= 11 is 0. The fourth-order valence-electron chi connectivity index (χ4n) is 4.17. The number of furan rings is 1. The predicted molar refractivity (Wildman–Crippen MR) is 138 cm³/mol. The molecule has 1 atom stereocenters. The van der Waals surface area contributed by atoms with Gasteiger partial charge in [0.15, 0.2) is 0 Å². The summed E-state index contributed by atoms with van der Waals surface area (Å²) in [7, 11) is 1.90. The Morgan fingerprint density at radius 2 is 1.94 bits per heavy atom. The van der Waals surface area contributed by atoms with Crippen LogP contribution in [0.25, 0.3) is 11.3 Å². The Bertz CT molecular complexity index is 1220. The highest BCUT2D eigenvalue weighted by Gasteiger charge is 2.24. The topological polar surface area (TPSA) is 63.7 Å². The first-order chi connectivity index (χ1) is 17.0. The number of aliphatic hydroxyl groups excluding tert-OH is 1. The Labute approximate surface area is 207 Å². The first-order valence-electron chi connectivity index (χ1n) is 11.9. The second-order valence-electron chi connectivity index (χ2n) is 8.81. The molecule has 0 unspecified atom stereocenters. The summed E-state index contributed by atoms with van der Waals surface area (Å²) in [5.74, 6) is 2.28. The quantitative estimate of drug-likeness (QED) is 0.253. The number of nitrogens with zero attached hydrogens (tertiary/aromatic N) is 3. The lowest BCUT2D eigenvalue weighted by molar-refractivity contribution is 0.0941. The van der Waals surface area contributed by atoms with Crippen molar-refractivity contribution in [2.45, 2.75) is 39.0 Å². The lowest BCUT2D eigenvalue weighted by Crippen LogP contribution is -2.31. The summed E-state index contributed by atoms with van der Waals surface area (Å²) in [5.41, 5.74) is 3.96. The van der Waals surface area contributed by atoms with E-state index in [1.165, 1.54) is 0 Å². The van der Waals surface area contributed by atoms with Gasteiger partial charge >= 0.3 is 0 Å². The lowest BCUT2D eigenvalue weighted by atomic mass is 10.1. The molecule has 6 nitrogen and oxygen atoms in total. The van der Waals surface area contributed by atoms with Crippen LogP contribution in [0.1, 0.15) is 29.7 Å². The third kappa shape index (κ3) is 6.50. The van der Waals surface area contributed by atoms with Gasteiger partial charge in [-0.05, 0) is 49.6 Å². The van der Waals surface area contributed by atoms with Crippen molar-refractivity contribution >= 4 is 0 Å². The maximum atomic E-state index is 10.7. The van der Waals surface area contributed by atoms with Crippen molar-refractivity contribution in [3.8, 4) is 22.9 Å². The van der Waals surface area contributed by atoms with Crippen molar-refractivity contribution in [2.24, 2.45) is 7.05 Å². The number of rotatable bonds is 12. The molecule has 0 aliphatic heterocycles. The smallest absolute Gasteiger partial charge is 0.222 e. The monoisotopic (exact) mass is 471 g/mol. The van der Waals surface area contributed by atoms with Gasteiger partial charge in [0, 0.05) is 25.7 Å². The van der Waals surface area contributed by atoms with Crippen molar-refractivity contribution in [1.82, 2.24) is 14.7 Å². The highest BCUT2D eigenvalue weighted by Crippen LogP contribution is 2.34. The summed E-state index contributed by atoms with van der Waals surface area (Å²) in [6, 6.07) is 21.9. The maximum absolute atomic E-state index is 10.7. The molecule has 0 fully saturated rings. The third-order valence-electron chi connectivity index (χ3n) is 5.85. The van der Waals surface area contributed by atoms with E-state index in [9.17, 15) is 5.11 Å². The second-order valence-corrected chi connectivity index (χ2v) is 8.81. The molecule has 6 heteroatoms. The number of aryl methyl sites for hydroxylation is 2. The standard InChI is InChI=1S/C29H33N3O3/c1-4-5-14-24(33)19-32(20-26-16-10-17-34-26)21-27-28(23-12-7-6-8-13-23)30-31(3)29(27)35-25-15-9-11-22(2)18-25/h4,6-13,15-18,24,33H,1,5,14,19-21H2,2-3H3/t24-/m1/s1. The molecule has 1 N–H and O–H groups in total. The molecule has 0 aliphatic rings. The SMILES string of the molecule is C=CCC[C@@H](O)CN(Cc1ccco1)Cc1c(-c2ccccc2)nn(C)c1Oc1cccc(C)c1. The molecule has 0 aliphatic carbocycles. The van der Waals surface area contributed by atoms with Gasteiger partial charge in [-0.3, -0.25) is 4.90 Å². The molecule has 35 heavy (non-hydrogen) atoms. The van der Waals surface area contributed by atoms with Crippen LogP contribution in [0.3, 0.4) is 0 Å². The minimum atomic E-state index is -0.485. The zero-order valence-electron chi connectivity index (χ0n) is 20.4. The minimum absolute atomic E-state index is 0.485. The summed E-state index contributed by atoms with van der Waals surface area (Å²) in [6.45, 7) is 7.40. The number of aromatic nitrogens is 2. The number of ether oxygens (including phenoxy) is 1. The molecule has 0 saturated heterocycles. The first-order valence-corrected chi connectivity index (χ1v) is 11.9. The molecule has 0 amide bonds. The number of allylic oxidation sites excluding steroid dienone is 1. The van der Waals surface area contributed by atoms with Gasteiger partial charge in [-0.15, -0.1) is 6.58 Å². The summed E-state index contributed by atoms with van der Waals surface area (Å²) in [6.07, 6.45) is 4.44. The maximum Gasteiger partial charge on any atom is 0.222 e. The number of hydrogen-bond acceptors (Lipinski definition) is 5. The van der Waals surface area contributed by atoms with Crippen LogP contribution in [0.2, 0.25) is 0 Å². The van der Waals surface area contributed by atoms with Gasteiger partial charge in [-0.25, -0.2) is 4.68 Å². The molecular formula is C29H33N3O3. The summed E-state index contributed by atoms with van der Waals surface area (Å²) in [5, 5.41) is 15.6. The third-order valence-corrected chi connectivity index (χ3v) is 5.85. The molecular weight excluding hydrogens is 438 g/mol. The van der Waals surface area contributed by atoms with Crippen molar-refractivity contribution in [1.29, 1.82) is 0 Å². The molecule has 2 aromatic carbocycles. The van der Waals surface area contributed by atoms with E-state index in [4.69, 9.17) is 14.3 Å². The average Bonchev–Trinajstić information content (AvgIpc) is 3.47. The number of hydrogen-bond donors (Lipinski definition) is 1. The van der Waals surface area contributed by atoms with Gasteiger partial charge in [0.05, 0.1) is 24.5 Å². The Hall–Kier alpha value is -3.61. The van der Waals surface area contributed by atoms with E-state index in [1.54, 1.807) is 10.9 Å². The van der Waals surface area contributed by atoms with Crippen molar-refractivity contribution < 1.29 is 14.3 Å². The molecule has 0 saturated carbocycles. The van der Waals surface area contributed by atoms with Crippen molar-refractivity contribution in [3.63, 3.8) is 0 Å². The Morgan fingerprint density at radius 1 is 1.11 bits per heavy atom. The minimum Gasteiger partial charge on any atom is -0.468 e. The molecule has 4 rings (SSSR count). The fraction of sp³-hybridized carbons (Fsp3) is 0.276. The van der Waals surface area contributed by atoms with Crippen LogP contribution in [0.15, 0.2) is 90.1 Å². The van der Waals surface area contributed by atoms with Gasteiger partial charge in [0.2, 0.25) is 5.88 Å². The van der Waals surface area contributed by atoms with E-state index >= 15 is 0 Å². The van der Waals surface area contributed by atoms with Gasteiger partial charge in [0.1, 0.15) is 17.2 Å². The molecule has 0 bridgehead atoms. The van der Waals surface area contributed by atoms with Gasteiger partial charge in [0.25, 0.3) is 0 Å². The highest BCUT2D eigenvalue weighted by molar-refractivity contribution is 5.65. The van der Waals surface area contributed by atoms with Crippen LogP contribution in [-0.4, -0.2) is 32.4 Å². The molecule has 0 spiro atoms. The highest BCUT2D eigenvalue weighted by atomic mass is 16.5. The molecule has 4 aromatic rings. The zero-order chi connectivity index (χ0) is 24.6. The van der Waals surface area contributed by atoms with Crippen LogP contribution in [0.5, 0.6) is 11.6 Å². The van der Waals surface area contributed by atoms with Crippen LogP contribution in [0, 0.1) is 6.92 Å². The molecule has 0 radical (unpaired) electrons. The average molecular weight is 472 g/mol. The summed E-state index contributed by atoms with van der Waals surface area (Å²) < 4.78 is 13.8. The van der Waals surface area contributed by atoms with Crippen LogP contribution >= 0.6 is 0 Å². The van der Waals surface area contributed by atoms with Gasteiger partial charge in [-0.2, -0.15) is 5.10 Å². The normalized spacial score (nSPS) is 12.1. The lowest BCUT2D eigenvalue weighted by Gasteiger charge is -2.24. The molecule has 2 heterocycles. The first kappa shape index (κ1) is 24.5. The Kier molecular flexibility index (Phi) is 8.19. The molecule has 182 valence electrons. The van der Waals surface area contributed by atoms with Crippen LogP contribution in [-0.2, 0) is 20.1 Å². The van der Waals surface area contributed by atoms with E-state index in [-0.39, 0.29) is 0 Å². The zero-order valence-corrected chi connectivity index (χ0v) is 20.4. The fourth-order valence-corrected chi connectivity index (χ4v) is 4.17. The van der Waals surface area contributed by atoms with Gasteiger partial charge < -0.3 is 14.3 Å². The van der Waals surface area contributed by atoms with Crippen LogP contribution in [0.4, 0.5) is 0 Å². The van der Waals surface area contributed by atoms with E-state index in [1.807, 2.05) is 74.6 Å². The van der Waals surface area contributed by atoms with E-state index in [0.29, 0.717) is 31.9 Å². The Balaban J connectivity index is 1.71. The van der Waals surface area contributed by atoms with E-state index < -0.39 is 6.10 Å². The van der Waals surface area contributed by atoms with Gasteiger partial charge in [-0.1, -0.05) is 48.5 Å². The predicted octanol–water partition coefficient (Wildman–Crippen LogP) is 6.11. The van der Waals surface area contributed by atoms with E-state index in [2.05, 4.69) is 23.6 Å². The van der Waals surface area contributed by atoms with Crippen molar-refractivity contribution in [2.75, 3.05) is 6.54 Å². The number of aliphatic hydroxyl groups is 1. The Morgan fingerprint density at radius 3 is 2.66 bits per heavy atom. The second kappa shape index (κ2) is 11.7. The van der Waals surface area contributed by atoms with Crippen LogP contribution < -0.4 is 4.74 Å². The molecule has 2 aromatic heterocycles. The number of benzene rings is 2. The largest absolute Gasteiger partial charge is 0.468 e. The van der Waals surface area contributed by atoms with E-state index in [0.717, 1.165) is 40.3 Å². The van der Waals surface area contributed by atoms with Crippen molar-refractivity contribution in [3.05, 3.63) is 103 Å². The summed E-state index contributed by atoms with van der Waals surface area (Å²) in [4.78, 5) is 2.18.